The first-order valence-electron chi connectivity index (χ1n) is 14.2. The van der Waals surface area contributed by atoms with E-state index in [-0.39, 0.29) is 26.5 Å². The third-order valence-corrected chi connectivity index (χ3v) is 16.4. The van der Waals surface area contributed by atoms with Crippen LogP contribution in [0.15, 0.2) is 117 Å². The zero-order chi connectivity index (χ0) is 34.7. The van der Waals surface area contributed by atoms with E-state index in [4.69, 9.17) is 5.26 Å². The Kier molecular flexibility index (Phi) is 11.8. The van der Waals surface area contributed by atoms with Crippen molar-refractivity contribution >= 4 is 79.5 Å². The van der Waals surface area contributed by atoms with Crippen LogP contribution in [0.4, 0.5) is 0 Å². The van der Waals surface area contributed by atoms with Crippen LogP contribution in [-0.4, -0.2) is 56.5 Å². The molecule has 0 saturated heterocycles. The zero-order valence-corrected chi connectivity index (χ0v) is 29.9. The number of rotatable bonds is 14. The summed E-state index contributed by atoms with van der Waals surface area (Å²) < 4.78 is 106. The van der Waals surface area contributed by atoms with E-state index in [2.05, 4.69) is 9.37 Å². The zero-order valence-electron chi connectivity index (χ0n) is 24.8. The van der Waals surface area contributed by atoms with E-state index in [0.29, 0.717) is 33.1 Å². The predicted octanol–water partition coefficient (Wildman–Crippen LogP) is 4.45. The molecule has 0 heterocycles. The van der Waals surface area contributed by atoms with Crippen LogP contribution in [0.3, 0.4) is 0 Å². The fourth-order valence-corrected chi connectivity index (χ4v) is 13.4. The molecule has 0 amide bonds. The van der Waals surface area contributed by atoms with Gasteiger partial charge in [-0.1, -0.05) is 53.6 Å². The van der Waals surface area contributed by atoms with E-state index in [1.807, 2.05) is 12.1 Å². The van der Waals surface area contributed by atoms with E-state index in [1.165, 1.54) is 48.5 Å². The highest BCUT2D eigenvalue weighted by molar-refractivity contribution is 7.94. The van der Waals surface area contributed by atoms with Gasteiger partial charge in [0.1, 0.15) is 0 Å². The van der Waals surface area contributed by atoms with Crippen LogP contribution in [0.25, 0.3) is 0 Å². The maximum atomic E-state index is 12.0. The standard InChI is InChI=1S/C30H30O12P2S4/c31-41-42-45-27-9-1-5-23(15-27)43(24-6-2-10-28(16-24)46(32,33)34)19-21-13-14-22(21)20-44(25-7-3-11-29(17-25)47(35,36)37)26-8-4-12-30(18-26)48(38,39)40/h1-12,15-18,21-22,31H,13-14,19-20H2,(H,32,33,34)(H,35,36,37)(H,38,39,40). The molecule has 1 aliphatic rings. The van der Waals surface area contributed by atoms with Crippen LogP contribution in [0.5, 0.6) is 0 Å². The molecule has 4 N–H and O–H groups in total. The molecule has 3 unspecified atom stereocenters. The first-order chi connectivity index (χ1) is 22.6. The van der Waals surface area contributed by atoms with Crippen LogP contribution < -0.4 is 21.2 Å². The minimum atomic E-state index is -4.52. The minimum Gasteiger partial charge on any atom is -0.282 e. The lowest BCUT2D eigenvalue weighted by molar-refractivity contribution is -0.432. The molecule has 1 saturated carbocycles. The molecule has 1 aliphatic carbocycles. The Hall–Kier alpha value is -2.30. The smallest absolute Gasteiger partial charge is 0.282 e. The molecule has 256 valence electrons. The third-order valence-electron chi connectivity index (χ3n) is 7.98. The Labute approximate surface area is 285 Å². The van der Waals surface area contributed by atoms with Crippen LogP contribution >= 0.6 is 27.9 Å². The Morgan fingerprint density at radius 2 is 0.938 bits per heavy atom. The van der Waals surface area contributed by atoms with Gasteiger partial charge in [0.25, 0.3) is 30.4 Å². The topological polar surface area (TPSA) is 202 Å². The summed E-state index contributed by atoms with van der Waals surface area (Å²) in [5, 5.41) is 15.1. The number of hydrogen-bond acceptors (Lipinski definition) is 10. The van der Waals surface area contributed by atoms with Gasteiger partial charge in [-0.25, -0.2) is 5.26 Å². The van der Waals surface area contributed by atoms with E-state index in [1.54, 1.807) is 36.4 Å². The molecular formula is C30H30O12P2S4. The fourth-order valence-electron chi connectivity index (χ4n) is 5.50. The van der Waals surface area contributed by atoms with Crippen LogP contribution in [0, 0.1) is 11.8 Å². The summed E-state index contributed by atoms with van der Waals surface area (Å²) >= 11 is 0.787. The molecule has 0 bridgehead atoms. The minimum absolute atomic E-state index is 0.0957. The van der Waals surface area contributed by atoms with E-state index in [0.717, 1.165) is 30.2 Å². The van der Waals surface area contributed by atoms with Crippen molar-refractivity contribution in [1.29, 1.82) is 0 Å². The lowest BCUT2D eigenvalue weighted by atomic mass is 9.76. The van der Waals surface area contributed by atoms with Gasteiger partial charge in [-0.15, -0.1) is 4.33 Å². The van der Waals surface area contributed by atoms with Gasteiger partial charge in [-0.3, -0.25) is 13.7 Å². The number of hydrogen-bond donors (Lipinski definition) is 4. The molecule has 5 rings (SSSR count). The van der Waals surface area contributed by atoms with Gasteiger partial charge >= 0.3 is 0 Å². The molecule has 0 spiro atoms. The first-order valence-corrected chi connectivity index (χ1v) is 22.3. The molecular weight excluding hydrogens is 743 g/mol. The summed E-state index contributed by atoms with van der Waals surface area (Å²) in [5.41, 5.74) is 0. The Balaban J connectivity index is 1.51. The maximum absolute atomic E-state index is 12.0. The fraction of sp³-hybridized carbons (Fsp3) is 0.200. The SMILES string of the molecule is O=S(=O)(O)c1cccc(P(CC2CCC2CP(c2cccc(S(=O)(=O)O)c2)c2cccc(S(=O)(=O)O)c2)c2cccc(SOOO)c2)c1. The molecule has 1 fully saturated rings. The van der Waals surface area contributed by atoms with Crippen molar-refractivity contribution in [2.75, 3.05) is 12.3 Å². The average molecular weight is 773 g/mol. The Morgan fingerprint density at radius 1 is 0.583 bits per heavy atom. The first kappa shape index (κ1) is 37.0. The van der Waals surface area contributed by atoms with E-state index in [9.17, 15) is 38.9 Å². The second-order valence-electron chi connectivity index (χ2n) is 11.0. The van der Waals surface area contributed by atoms with Gasteiger partial charge in [0.05, 0.1) is 26.7 Å². The van der Waals surface area contributed by atoms with E-state index < -0.39 is 46.2 Å². The second-order valence-corrected chi connectivity index (χ2v) is 20.5. The monoisotopic (exact) mass is 772 g/mol. The molecule has 4 aromatic carbocycles. The highest BCUT2D eigenvalue weighted by Crippen LogP contribution is 2.50. The second kappa shape index (κ2) is 15.3. The van der Waals surface area contributed by atoms with Crippen molar-refractivity contribution in [3.63, 3.8) is 0 Å². The summed E-state index contributed by atoms with van der Waals surface area (Å²) in [7, 11) is -16.1. The summed E-state index contributed by atoms with van der Waals surface area (Å²) in [6, 6.07) is 25.2. The van der Waals surface area contributed by atoms with Crippen LogP contribution in [0.1, 0.15) is 12.8 Å². The summed E-state index contributed by atoms with van der Waals surface area (Å²) in [6.07, 6.45) is 2.83. The summed E-state index contributed by atoms with van der Waals surface area (Å²) in [6.45, 7) is 0. The quantitative estimate of drug-likeness (QED) is 0.0461. The summed E-state index contributed by atoms with van der Waals surface area (Å²) in [4.78, 5) is -0.203. The van der Waals surface area contributed by atoms with Crippen molar-refractivity contribution < 1.29 is 53.5 Å². The lowest BCUT2D eigenvalue weighted by Crippen LogP contribution is -2.35. The van der Waals surface area contributed by atoms with Crippen LogP contribution in [-0.2, 0) is 39.7 Å². The maximum Gasteiger partial charge on any atom is 0.294 e. The normalized spacial score (nSPS) is 17.6. The average Bonchev–Trinajstić information content (AvgIpc) is 3.03. The molecule has 48 heavy (non-hydrogen) atoms. The van der Waals surface area contributed by atoms with Crippen molar-refractivity contribution in [1.82, 2.24) is 0 Å². The molecule has 18 heteroatoms. The Morgan fingerprint density at radius 3 is 1.27 bits per heavy atom. The Bertz CT molecular complexity index is 2040. The molecule has 3 atom stereocenters. The molecule has 0 aromatic heterocycles. The van der Waals surface area contributed by atoms with E-state index >= 15 is 0 Å². The molecule has 0 radical (unpaired) electrons. The van der Waals surface area contributed by atoms with Crippen LogP contribution in [0.2, 0.25) is 0 Å². The highest BCUT2D eigenvalue weighted by Gasteiger charge is 2.36. The molecule has 4 aromatic rings. The summed E-state index contributed by atoms with van der Waals surface area (Å²) in [5.74, 6) is 0.219. The van der Waals surface area contributed by atoms with Gasteiger partial charge in [0.15, 0.2) is 0 Å². The molecule has 12 nitrogen and oxygen atoms in total. The van der Waals surface area contributed by atoms with Crippen molar-refractivity contribution in [2.45, 2.75) is 32.4 Å². The third kappa shape index (κ3) is 9.27. The van der Waals surface area contributed by atoms with Crippen molar-refractivity contribution in [2.24, 2.45) is 11.8 Å². The number of benzene rings is 4. The van der Waals surface area contributed by atoms with Crippen molar-refractivity contribution in [3.8, 4) is 0 Å². The van der Waals surface area contributed by atoms with Gasteiger partial charge in [0.2, 0.25) is 0 Å². The van der Waals surface area contributed by atoms with Gasteiger partial charge in [-0.2, -0.15) is 25.3 Å². The van der Waals surface area contributed by atoms with Crippen molar-refractivity contribution in [3.05, 3.63) is 97.1 Å². The van der Waals surface area contributed by atoms with Gasteiger partial charge < -0.3 is 0 Å². The van der Waals surface area contributed by atoms with Gasteiger partial charge in [-0.05, 0) is 123 Å². The largest absolute Gasteiger partial charge is 0.294 e. The molecule has 0 aliphatic heterocycles. The van der Waals surface area contributed by atoms with Gasteiger partial charge in [0, 0.05) is 4.90 Å². The predicted molar refractivity (Wildman–Crippen MR) is 184 cm³/mol. The lowest BCUT2D eigenvalue weighted by Gasteiger charge is -2.41. The highest BCUT2D eigenvalue weighted by atomic mass is 32.2.